The summed E-state index contributed by atoms with van der Waals surface area (Å²) in [7, 11) is 4.31. The SMILES string of the molecule is CC(C)=CCC/C(C)=C/C[Se]c1ccc[c-]1[C@H](C)N(C)C.[CH]1[CH][CH-]C=C1.[Fe+2]. The summed E-state index contributed by atoms with van der Waals surface area (Å²) in [4.78, 5) is 2.29. The molecule has 0 saturated heterocycles. The van der Waals surface area contributed by atoms with Crippen molar-refractivity contribution in [2.75, 3.05) is 14.1 Å². The third kappa shape index (κ3) is 11.8. The van der Waals surface area contributed by atoms with Crippen molar-refractivity contribution >= 4 is 19.4 Å². The van der Waals surface area contributed by atoms with Crippen LogP contribution < -0.4 is 4.46 Å². The summed E-state index contributed by atoms with van der Waals surface area (Å²) >= 11 is 0.556. The van der Waals surface area contributed by atoms with Gasteiger partial charge in [0, 0.05) is 0 Å². The molecule has 0 N–H and O–H groups in total. The van der Waals surface area contributed by atoms with Gasteiger partial charge in [-0.1, -0.05) is 0 Å². The third-order valence-electron chi connectivity index (χ3n) is 4.35. The second-order valence-corrected chi connectivity index (χ2v) is 9.36. The van der Waals surface area contributed by atoms with Gasteiger partial charge in [0.25, 0.3) is 0 Å². The quantitative estimate of drug-likeness (QED) is 0.269. The fourth-order valence-corrected chi connectivity index (χ4v) is 4.82. The maximum atomic E-state index is 2.44. The van der Waals surface area contributed by atoms with Gasteiger partial charge in [-0.2, -0.15) is 0 Å². The molecule has 0 amide bonds. The molecule has 1 atom stereocenters. The normalized spacial score (nSPS) is 14.1. The van der Waals surface area contributed by atoms with Gasteiger partial charge in [-0.05, 0) is 0 Å². The second kappa shape index (κ2) is 15.4. The topological polar surface area (TPSA) is 3.24 Å². The molecule has 0 saturated carbocycles. The minimum absolute atomic E-state index is 0. The summed E-state index contributed by atoms with van der Waals surface area (Å²) in [5, 5.41) is 1.21. The van der Waals surface area contributed by atoms with Gasteiger partial charge in [0.1, 0.15) is 0 Å². The number of hydrogen-bond acceptors (Lipinski definition) is 1. The standard InChI is InChI=1S/C19H30NSe.C5H5.Fe/c1-15(2)9-7-10-16(3)13-14-21-19-12-8-11-18(19)17(4)20(5)6;1-2-4-5-3-1;/h8-9,11-13,17H,7,10,14H2,1-6H3;1-5H;/q2*-1;+2/b16-13+;;/t17-;;/m0../s1. The van der Waals surface area contributed by atoms with Crippen LogP contribution in [0.5, 0.6) is 0 Å². The molecule has 1 aromatic rings. The van der Waals surface area contributed by atoms with Gasteiger partial charge in [0.15, 0.2) is 0 Å². The molecule has 0 unspecified atom stereocenters. The molecule has 0 aliphatic heterocycles. The van der Waals surface area contributed by atoms with Crippen molar-refractivity contribution in [1.29, 1.82) is 0 Å². The van der Waals surface area contributed by atoms with Crippen LogP contribution in [0.25, 0.3) is 0 Å². The van der Waals surface area contributed by atoms with Gasteiger partial charge in [-0.25, -0.2) is 18.6 Å². The Hall–Kier alpha value is -0.561. The van der Waals surface area contributed by atoms with Crippen molar-refractivity contribution < 1.29 is 17.1 Å². The Kier molecular flexibility index (Phi) is 15.1. The molecular weight excluding hydrogens is 437 g/mol. The summed E-state index contributed by atoms with van der Waals surface area (Å²) in [6, 6.07) is 7.31. The largest absolute Gasteiger partial charge is 2.00 e. The Morgan fingerprint density at radius 1 is 1.26 bits per heavy atom. The van der Waals surface area contributed by atoms with Crippen LogP contribution in [0.3, 0.4) is 0 Å². The van der Waals surface area contributed by atoms with Gasteiger partial charge >= 0.3 is 154 Å². The Bertz CT molecular complexity index is 585. The molecule has 0 heterocycles. The van der Waals surface area contributed by atoms with E-state index in [1.165, 1.54) is 34.9 Å². The van der Waals surface area contributed by atoms with Gasteiger partial charge in [0.2, 0.25) is 0 Å². The third-order valence-corrected chi connectivity index (χ3v) is 6.48. The van der Waals surface area contributed by atoms with E-state index in [-0.39, 0.29) is 17.1 Å². The first-order chi connectivity index (χ1) is 12.4. The van der Waals surface area contributed by atoms with E-state index in [4.69, 9.17) is 0 Å². The van der Waals surface area contributed by atoms with Gasteiger partial charge in [-0.3, -0.25) is 0 Å². The number of hydrogen-bond donors (Lipinski definition) is 0. The Balaban J connectivity index is 0.000000969. The zero-order valence-corrected chi connectivity index (χ0v) is 20.5. The number of rotatable bonds is 8. The first kappa shape index (κ1) is 26.4. The molecule has 1 aromatic carbocycles. The van der Waals surface area contributed by atoms with Crippen LogP contribution in [-0.2, 0) is 17.1 Å². The average Bonchev–Trinajstić information content (AvgIpc) is 3.28. The molecule has 1 aliphatic carbocycles. The fourth-order valence-electron chi connectivity index (χ4n) is 2.46. The molecule has 2 radical (unpaired) electrons. The van der Waals surface area contributed by atoms with Crippen molar-refractivity contribution in [3.8, 4) is 0 Å². The van der Waals surface area contributed by atoms with Crippen LogP contribution in [0.2, 0.25) is 5.32 Å². The summed E-state index contributed by atoms with van der Waals surface area (Å²) in [5.74, 6) is 0. The van der Waals surface area contributed by atoms with Crippen molar-refractivity contribution in [1.82, 2.24) is 4.90 Å². The van der Waals surface area contributed by atoms with Crippen molar-refractivity contribution in [2.24, 2.45) is 0 Å². The van der Waals surface area contributed by atoms with Crippen LogP contribution in [0.4, 0.5) is 0 Å². The number of allylic oxidation sites excluding steroid dienone is 6. The molecule has 2 rings (SSSR count). The molecule has 1 nitrogen and oxygen atoms in total. The summed E-state index contributed by atoms with van der Waals surface area (Å²) < 4.78 is 1.57. The molecule has 0 fully saturated rings. The average molecular weight is 472 g/mol. The Morgan fingerprint density at radius 3 is 2.52 bits per heavy atom. The zero-order valence-electron chi connectivity index (χ0n) is 17.7. The second-order valence-electron chi connectivity index (χ2n) is 7.13. The monoisotopic (exact) mass is 473 g/mol. The first-order valence-electron chi connectivity index (χ1n) is 9.42. The maximum absolute atomic E-state index is 2.44. The molecule has 0 spiro atoms. The van der Waals surface area contributed by atoms with E-state index in [1.807, 2.05) is 31.4 Å². The summed E-state index contributed by atoms with van der Waals surface area (Å²) in [6.07, 6.45) is 17.1. The van der Waals surface area contributed by atoms with Crippen LogP contribution in [0.15, 0.2) is 53.6 Å². The van der Waals surface area contributed by atoms with Crippen LogP contribution in [0.1, 0.15) is 52.1 Å². The predicted octanol–water partition coefficient (Wildman–Crippen LogP) is 5.64. The van der Waals surface area contributed by atoms with Crippen LogP contribution >= 0.6 is 0 Å². The number of nitrogens with zero attached hydrogens (tertiary/aromatic N) is 1. The van der Waals surface area contributed by atoms with E-state index < -0.39 is 0 Å². The predicted molar refractivity (Wildman–Crippen MR) is 119 cm³/mol. The van der Waals surface area contributed by atoms with Crippen molar-refractivity contribution in [2.45, 2.75) is 51.9 Å². The Labute approximate surface area is 185 Å². The van der Waals surface area contributed by atoms with E-state index in [1.54, 1.807) is 4.46 Å². The smallest absolute Gasteiger partial charge is 0.231 e. The molecular formula is C24H35FeNSe. The molecule has 0 bridgehead atoms. The van der Waals surface area contributed by atoms with E-state index in [2.05, 4.69) is 77.0 Å². The summed E-state index contributed by atoms with van der Waals surface area (Å²) in [5.41, 5.74) is 4.46. The Morgan fingerprint density at radius 2 is 2.00 bits per heavy atom. The molecule has 3 heteroatoms. The molecule has 1 aliphatic rings. The van der Waals surface area contributed by atoms with Crippen LogP contribution in [-0.4, -0.2) is 34.0 Å². The van der Waals surface area contributed by atoms with E-state index in [0.717, 1.165) is 0 Å². The molecule has 150 valence electrons. The summed E-state index contributed by atoms with van der Waals surface area (Å²) in [6.45, 7) is 8.90. The van der Waals surface area contributed by atoms with Crippen molar-refractivity contribution in [3.05, 3.63) is 78.5 Å². The fraction of sp³-hybridized carbons (Fsp3) is 0.417. The first-order valence-corrected chi connectivity index (χ1v) is 11.5. The molecule has 27 heavy (non-hydrogen) atoms. The zero-order chi connectivity index (χ0) is 19.4. The van der Waals surface area contributed by atoms with Crippen LogP contribution in [0, 0.1) is 19.3 Å². The van der Waals surface area contributed by atoms with Gasteiger partial charge in [-0.15, -0.1) is 12.8 Å². The maximum Gasteiger partial charge on any atom is 2.00 e. The minimum atomic E-state index is 0. The van der Waals surface area contributed by atoms with Crippen molar-refractivity contribution in [3.63, 3.8) is 0 Å². The minimum Gasteiger partial charge on any atom is -0.231 e. The van der Waals surface area contributed by atoms with E-state index in [0.29, 0.717) is 21.0 Å². The van der Waals surface area contributed by atoms with Gasteiger partial charge in [0.05, 0.1) is 0 Å². The van der Waals surface area contributed by atoms with E-state index in [9.17, 15) is 0 Å². The van der Waals surface area contributed by atoms with E-state index >= 15 is 0 Å². The molecule has 0 aromatic heterocycles. The van der Waals surface area contributed by atoms with Gasteiger partial charge < -0.3 is 0 Å².